The quantitative estimate of drug-likeness (QED) is 0.738. The van der Waals surface area contributed by atoms with Gasteiger partial charge in [0.2, 0.25) is 0 Å². The molecule has 3 rings (SSSR count). The van der Waals surface area contributed by atoms with E-state index in [-0.39, 0.29) is 5.83 Å². The van der Waals surface area contributed by atoms with Crippen molar-refractivity contribution in [1.29, 1.82) is 0 Å². The maximum Gasteiger partial charge on any atom is 0.101 e. The summed E-state index contributed by atoms with van der Waals surface area (Å²) in [5, 5.41) is 0. The Hall–Kier alpha value is -0.890. The zero-order valence-electron chi connectivity index (χ0n) is 11.6. The molecule has 0 saturated heterocycles. The van der Waals surface area contributed by atoms with Crippen LogP contribution in [0, 0.1) is 17.3 Å². The monoisotopic (exact) mass is 261 g/mol. The van der Waals surface area contributed by atoms with E-state index in [1.165, 1.54) is 37.7 Å². The Kier molecular flexibility index (Phi) is 3.62. The molecule has 0 aliphatic heterocycles. The maximum absolute atomic E-state index is 13.3. The minimum absolute atomic E-state index is 0.0167. The van der Waals surface area contributed by atoms with E-state index in [9.17, 15) is 4.39 Å². The molecule has 0 radical (unpaired) electrons. The predicted molar refractivity (Wildman–Crippen MR) is 77.2 cm³/mol. The molecular weight excluding hydrogens is 237 g/mol. The second-order valence-corrected chi connectivity index (χ2v) is 6.49. The van der Waals surface area contributed by atoms with E-state index in [2.05, 4.69) is 12.2 Å². The van der Waals surface area contributed by atoms with Crippen molar-refractivity contribution in [3.05, 3.63) is 35.7 Å². The number of allylic oxidation sites excluding steroid dienone is 6. The fourth-order valence-corrected chi connectivity index (χ4v) is 4.13. The highest BCUT2D eigenvalue weighted by Gasteiger charge is 2.39. The van der Waals surface area contributed by atoms with Gasteiger partial charge in [-0.1, -0.05) is 43.1 Å². The van der Waals surface area contributed by atoms with E-state index >= 15 is 0 Å². The van der Waals surface area contributed by atoms with Gasteiger partial charge >= 0.3 is 0 Å². The molecule has 0 bridgehead atoms. The van der Waals surface area contributed by atoms with E-state index < -0.39 is 0 Å². The summed E-state index contributed by atoms with van der Waals surface area (Å²) in [6.07, 6.45) is 16.4. The van der Waals surface area contributed by atoms with Crippen LogP contribution in [-0.4, -0.2) is 6.54 Å². The van der Waals surface area contributed by atoms with Gasteiger partial charge < -0.3 is 5.73 Å². The van der Waals surface area contributed by atoms with Gasteiger partial charge in [-0.05, 0) is 43.2 Å². The first kappa shape index (κ1) is 13.1. The van der Waals surface area contributed by atoms with Crippen molar-refractivity contribution >= 4 is 0 Å². The molecule has 104 valence electrons. The molecule has 1 nitrogen and oxygen atoms in total. The second kappa shape index (κ2) is 5.24. The van der Waals surface area contributed by atoms with E-state index in [4.69, 9.17) is 5.73 Å². The van der Waals surface area contributed by atoms with Crippen molar-refractivity contribution in [2.75, 3.05) is 6.54 Å². The number of rotatable bonds is 2. The van der Waals surface area contributed by atoms with Crippen molar-refractivity contribution in [3.63, 3.8) is 0 Å². The minimum atomic E-state index is 0.0167. The smallest absolute Gasteiger partial charge is 0.101 e. The Balaban J connectivity index is 1.81. The molecular formula is C17H24FN. The lowest BCUT2D eigenvalue weighted by atomic mass is 9.61. The summed E-state index contributed by atoms with van der Waals surface area (Å²) in [5.74, 6) is 0.887. The highest BCUT2D eigenvalue weighted by molar-refractivity contribution is 5.31. The van der Waals surface area contributed by atoms with Crippen LogP contribution in [0.15, 0.2) is 35.7 Å². The molecule has 2 N–H and O–H groups in total. The molecule has 3 aliphatic carbocycles. The minimum Gasteiger partial charge on any atom is -0.330 e. The topological polar surface area (TPSA) is 26.0 Å². The average molecular weight is 261 g/mol. The summed E-state index contributed by atoms with van der Waals surface area (Å²) in [7, 11) is 0. The third kappa shape index (κ3) is 2.43. The summed E-state index contributed by atoms with van der Waals surface area (Å²) >= 11 is 0. The fourth-order valence-electron chi connectivity index (χ4n) is 4.13. The molecule has 2 heteroatoms. The Bertz CT molecular complexity index is 427. The highest BCUT2D eigenvalue weighted by Crippen LogP contribution is 2.48. The second-order valence-electron chi connectivity index (χ2n) is 6.49. The zero-order valence-corrected chi connectivity index (χ0v) is 11.6. The van der Waals surface area contributed by atoms with Crippen LogP contribution in [0.1, 0.15) is 44.9 Å². The van der Waals surface area contributed by atoms with E-state index in [0.717, 1.165) is 13.0 Å². The van der Waals surface area contributed by atoms with E-state index in [1.807, 2.05) is 6.08 Å². The Morgan fingerprint density at radius 2 is 1.89 bits per heavy atom. The van der Waals surface area contributed by atoms with Crippen LogP contribution in [0.5, 0.6) is 0 Å². The van der Waals surface area contributed by atoms with Crippen LogP contribution in [0.25, 0.3) is 0 Å². The van der Waals surface area contributed by atoms with Gasteiger partial charge in [0.25, 0.3) is 0 Å². The molecule has 1 unspecified atom stereocenters. The SMILES string of the molecule is NCC1([C@@H]2C=CC3CC(F)=CC=C3C2)CCCCC1. The lowest BCUT2D eigenvalue weighted by Gasteiger charge is -2.44. The summed E-state index contributed by atoms with van der Waals surface area (Å²) in [5.41, 5.74) is 7.85. The maximum atomic E-state index is 13.3. The summed E-state index contributed by atoms with van der Waals surface area (Å²) in [4.78, 5) is 0. The van der Waals surface area contributed by atoms with Gasteiger partial charge in [0.15, 0.2) is 0 Å². The fraction of sp³-hybridized carbons (Fsp3) is 0.647. The lowest BCUT2D eigenvalue weighted by molar-refractivity contribution is 0.129. The molecule has 0 aromatic rings. The van der Waals surface area contributed by atoms with Crippen LogP contribution in [-0.2, 0) is 0 Å². The van der Waals surface area contributed by atoms with Crippen molar-refractivity contribution in [2.24, 2.45) is 23.0 Å². The predicted octanol–water partition coefficient (Wildman–Crippen LogP) is 4.27. The summed E-state index contributed by atoms with van der Waals surface area (Å²) in [6, 6.07) is 0. The first-order valence-electron chi connectivity index (χ1n) is 7.67. The van der Waals surface area contributed by atoms with E-state index in [1.54, 1.807) is 6.08 Å². The molecule has 1 fully saturated rings. The number of nitrogens with two attached hydrogens (primary N) is 1. The van der Waals surface area contributed by atoms with E-state index in [0.29, 0.717) is 23.7 Å². The average Bonchev–Trinajstić information content (AvgIpc) is 2.47. The van der Waals surface area contributed by atoms with Gasteiger partial charge in [0, 0.05) is 12.3 Å². The van der Waals surface area contributed by atoms with Gasteiger partial charge in [-0.15, -0.1) is 0 Å². The first-order valence-corrected chi connectivity index (χ1v) is 7.67. The molecule has 0 aromatic carbocycles. The summed E-state index contributed by atoms with van der Waals surface area (Å²) < 4.78 is 13.3. The largest absolute Gasteiger partial charge is 0.330 e. The van der Waals surface area contributed by atoms with Crippen LogP contribution in [0.3, 0.4) is 0 Å². The normalized spacial score (nSPS) is 33.4. The van der Waals surface area contributed by atoms with Crippen molar-refractivity contribution in [2.45, 2.75) is 44.9 Å². The van der Waals surface area contributed by atoms with Crippen molar-refractivity contribution < 1.29 is 4.39 Å². The third-order valence-electron chi connectivity index (χ3n) is 5.44. The zero-order chi connectivity index (χ0) is 13.3. The van der Waals surface area contributed by atoms with Gasteiger partial charge in [0.1, 0.15) is 5.83 Å². The highest BCUT2D eigenvalue weighted by atomic mass is 19.1. The lowest BCUT2D eigenvalue weighted by Crippen LogP contribution is -2.40. The number of hydrogen-bond donors (Lipinski definition) is 1. The molecule has 0 spiro atoms. The van der Waals surface area contributed by atoms with Crippen LogP contribution in [0.2, 0.25) is 0 Å². The Labute approximate surface area is 115 Å². The molecule has 3 aliphatic rings. The molecule has 0 heterocycles. The summed E-state index contributed by atoms with van der Waals surface area (Å²) in [6.45, 7) is 0.796. The van der Waals surface area contributed by atoms with Crippen LogP contribution in [0.4, 0.5) is 4.39 Å². The van der Waals surface area contributed by atoms with Gasteiger partial charge in [-0.3, -0.25) is 0 Å². The van der Waals surface area contributed by atoms with Crippen LogP contribution < -0.4 is 5.73 Å². The molecule has 0 amide bonds. The number of halogens is 1. The van der Waals surface area contributed by atoms with Crippen molar-refractivity contribution in [3.8, 4) is 0 Å². The third-order valence-corrected chi connectivity index (χ3v) is 5.44. The van der Waals surface area contributed by atoms with Crippen molar-refractivity contribution in [1.82, 2.24) is 0 Å². The number of fused-ring (bicyclic) bond motifs is 1. The molecule has 2 atom stereocenters. The van der Waals surface area contributed by atoms with Gasteiger partial charge in [-0.25, -0.2) is 4.39 Å². The Morgan fingerprint density at radius 1 is 1.11 bits per heavy atom. The Morgan fingerprint density at radius 3 is 2.63 bits per heavy atom. The molecule has 19 heavy (non-hydrogen) atoms. The van der Waals surface area contributed by atoms with Gasteiger partial charge in [-0.2, -0.15) is 0 Å². The van der Waals surface area contributed by atoms with Crippen LogP contribution >= 0.6 is 0 Å². The van der Waals surface area contributed by atoms with Gasteiger partial charge in [0.05, 0.1) is 0 Å². The standard InChI is InChI=1S/C17H24FN/c18-16-7-5-13-10-15(6-4-14(13)11-16)17(12-19)8-2-1-3-9-17/h4-7,14-15H,1-3,8-12,19H2/t14?,15-/m1/s1. The molecule has 0 aromatic heterocycles. The first-order chi connectivity index (χ1) is 9.23. The number of hydrogen-bond acceptors (Lipinski definition) is 1. The molecule has 1 saturated carbocycles.